The lowest BCUT2D eigenvalue weighted by atomic mass is 10.2. The molecule has 1 amide bonds. The minimum absolute atomic E-state index is 0.0656. The summed E-state index contributed by atoms with van der Waals surface area (Å²) in [5.74, 6) is -0.0656. The number of unbranched alkanes of at least 4 members (excludes halogenated alkanes) is 2. The van der Waals surface area contributed by atoms with Crippen molar-refractivity contribution in [1.29, 1.82) is 0 Å². The van der Waals surface area contributed by atoms with E-state index in [2.05, 4.69) is 12.2 Å². The fourth-order valence-corrected chi connectivity index (χ4v) is 4.13. The van der Waals surface area contributed by atoms with Crippen molar-refractivity contribution in [2.24, 2.45) is 0 Å². The standard InChI is InChI=1S/C16H24N2O3S/c1-2-3-4-10-16(19)17-14-8-7-9-15(13-14)22(20,21)18-11-5-6-12-18/h7-9,13H,2-6,10-12H2,1H3,(H,17,19). The molecule has 6 heteroatoms. The molecule has 0 spiro atoms. The van der Waals surface area contributed by atoms with Crippen molar-refractivity contribution in [3.63, 3.8) is 0 Å². The average molecular weight is 324 g/mol. The van der Waals surface area contributed by atoms with Gasteiger partial charge in [0.25, 0.3) is 0 Å². The lowest BCUT2D eigenvalue weighted by Crippen LogP contribution is -2.27. The van der Waals surface area contributed by atoms with E-state index < -0.39 is 10.0 Å². The van der Waals surface area contributed by atoms with Crippen molar-refractivity contribution >= 4 is 21.6 Å². The topological polar surface area (TPSA) is 66.5 Å². The highest BCUT2D eigenvalue weighted by atomic mass is 32.2. The fraction of sp³-hybridized carbons (Fsp3) is 0.562. The zero-order valence-corrected chi connectivity index (χ0v) is 13.9. The summed E-state index contributed by atoms with van der Waals surface area (Å²) in [6.07, 6.45) is 5.23. The summed E-state index contributed by atoms with van der Waals surface area (Å²) in [7, 11) is -3.44. The largest absolute Gasteiger partial charge is 0.326 e. The quantitative estimate of drug-likeness (QED) is 0.784. The summed E-state index contributed by atoms with van der Waals surface area (Å²) >= 11 is 0. The van der Waals surface area contributed by atoms with Crippen LogP contribution in [-0.4, -0.2) is 31.7 Å². The van der Waals surface area contributed by atoms with Gasteiger partial charge in [0, 0.05) is 25.2 Å². The van der Waals surface area contributed by atoms with Gasteiger partial charge in [-0.25, -0.2) is 8.42 Å². The second-order valence-corrected chi connectivity index (χ2v) is 7.58. The molecule has 2 rings (SSSR count). The van der Waals surface area contributed by atoms with Gasteiger partial charge in [-0.05, 0) is 37.5 Å². The van der Waals surface area contributed by atoms with Crippen molar-refractivity contribution < 1.29 is 13.2 Å². The number of sulfonamides is 1. The summed E-state index contributed by atoms with van der Waals surface area (Å²) in [5.41, 5.74) is 0.543. The molecule has 0 aromatic heterocycles. The maximum absolute atomic E-state index is 12.5. The van der Waals surface area contributed by atoms with Gasteiger partial charge in [-0.3, -0.25) is 4.79 Å². The van der Waals surface area contributed by atoms with Crippen molar-refractivity contribution in [1.82, 2.24) is 4.31 Å². The highest BCUT2D eigenvalue weighted by Gasteiger charge is 2.27. The van der Waals surface area contributed by atoms with Gasteiger partial charge < -0.3 is 5.32 Å². The number of hydrogen-bond acceptors (Lipinski definition) is 3. The summed E-state index contributed by atoms with van der Waals surface area (Å²) < 4.78 is 26.5. The van der Waals surface area contributed by atoms with Crippen molar-refractivity contribution in [2.45, 2.75) is 50.3 Å². The Bertz CT molecular complexity index is 608. The van der Waals surface area contributed by atoms with Gasteiger partial charge in [0.15, 0.2) is 0 Å². The minimum atomic E-state index is -3.44. The summed E-state index contributed by atoms with van der Waals surface area (Å²) in [5, 5.41) is 2.78. The Morgan fingerprint density at radius 2 is 1.95 bits per heavy atom. The van der Waals surface area contributed by atoms with Gasteiger partial charge in [0.05, 0.1) is 4.90 Å². The highest BCUT2D eigenvalue weighted by molar-refractivity contribution is 7.89. The van der Waals surface area contributed by atoms with Gasteiger partial charge >= 0.3 is 0 Å². The van der Waals surface area contributed by atoms with E-state index in [9.17, 15) is 13.2 Å². The number of anilines is 1. The summed E-state index contributed by atoms with van der Waals surface area (Å²) in [6.45, 7) is 3.25. The lowest BCUT2D eigenvalue weighted by molar-refractivity contribution is -0.116. The Morgan fingerprint density at radius 3 is 2.64 bits per heavy atom. The average Bonchev–Trinajstić information content (AvgIpc) is 3.03. The van der Waals surface area contributed by atoms with Gasteiger partial charge in [0.1, 0.15) is 0 Å². The van der Waals surface area contributed by atoms with Crippen LogP contribution in [0.25, 0.3) is 0 Å². The first-order chi connectivity index (χ1) is 10.5. The first kappa shape index (κ1) is 17.0. The second kappa shape index (κ2) is 7.74. The molecule has 1 fully saturated rings. The third kappa shape index (κ3) is 4.30. The molecule has 122 valence electrons. The molecule has 1 aliphatic heterocycles. The van der Waals surface area contributed by atoms with Crippen LogP contribution in [0, 0.1) is 0 Å². The number of carbonyl (C=O) groups is 1. The van der Waals surface area contributed by atoms with E-state index in [0.29, 0.717) is 25.2 Å². The number of carbonyl (C=O) groups excluding carboxylic acids is 1. The fourth-order valence-electron chi connectivity index (χ4n) is 2.57. The van der Waals surface area contributed by atoms with E-state index in [1.54, 1.807) is 24.3 Å². The molecular weight excluding hydrogens is 300 g/mol. The third-order valence-electron chi connectivity index (χ3n) is 3.83. The number of hydrogen-bond donors (Lipinski definition) is 1. The molecular formula is C16H24N2O3S. The van der Waals surface area contributed by atoms with Crippen LogP contribution in [0.3, 0.4) is 0 Å². The van der Waals surface area contributed by atoms with Crippen LogP contribution in [0.4, 0.5) is 5.69 Å². The van der Waals surface area contributed by atoms with E-state index in [0.717, 1.165) is 32.1 Å². The van der Waals surface area contributed by atoms with Crippen LogP contribution < -0.4 is 5.32 Å². The van der Waals surface area contributed by atoms with Crippen LogP contribution in [-0.2, 0) is 14.8 Å². The predicted octanol–water partition coefficient (Wildman–Crippen LogP) is 2.99. The van der Waals surface area contributed by atoms with Gasteiger partial charge in [-0.15, -0.1) is 0 Å². The third-order valence-corrected chi connectivity index (χ3v) is 5.72. The summed E-state index contributed by atoms with van der Waals surface area (Å²) in [4.78, 5) is 12.1. The number of rotatable bonds is 7. The van der Waals surface area contributed by atoms with Crippen LogP contribution >= 0.6 is 0 Å². The van der Waals surface area contributed by atoms with Gasteiger partial charge in [-0.1, -0.05) is 25.8 Å². The van der Waals surface area contributed by atoms with E-state index in [1.807, 2.05) is 0 Å². The zero-order valence-electron chi connectivity index (χ0n) is 13.0. The Morgan fingerprint density at radius 1 is 1.23 bits per heavy atom. The molecule has 1 aromatic rings. The molecule has 22 heavy (non-hydrogen) atoms. The van der Waals surface area contributed by atoms with Crippen LogP contribution in [0.1, 0.15) is 45.4 Å². The maximum atomic E-state index is 12.5. The van der Waals surface area contributed by atoms with Gasteiger partial charge in [0.2, 0.25) is 15.9 Å². The highest BCUT2D eigenvalue weighted by Crippen LogP contribution is 2.23. The van der Waals surface area contributed by atoms with E-state index in [4.69, 9.17) is 0 Å². The van der Waals surface area contributed by atoms with Crippen LogP contribution in [0.2, 0.25) is 0 Å². The second-order valence-electron chi connectivity index (χ2n) is 5.64. The molecule has 0 aliphatic carbocycles. The molecule has 1 aromatic carbocycles. The monoisotopic (exact) mass is 324 g/mol. The molecule has 0 radical (unpaired) electrons. The normalized spacial score (nSPS) is 15.9. The Hall–Kier alpha value is -1.40. The molecule has 0 unspecified atom stereocenters. The molecule has 5 nitrogen and oxygen atoms in total. The number of nitrogens with one attached hydrogen (secondary N) is 1. The Labute approximate surface area is 132 Å². The minimum Gasteiger partial charge on any atom is -0.326 e. The number of nitrogens with zero attached hydrogens (tertiary/aromatic N) is 1. The van der Waals surface area contributed by atoms with Crippen molar-refractivity contribution in [3.8, 4) is 0 Å². The van der Waals surface area contributed by atoms with Gasteiger partial charge in [-0.2, -0.15) is 4.31 Å². The molecule has 1 saturated heterocycles. The van der Waals surface area contributed by atoms with Crippen molar-refractivity contribution in [2.75, 3.05) is 18.4 Å². The van der Waals surface area contributed by atoms with E-state index >= 15 is 0 Å². The number of amides is 1. The molecule has 0 atom stereocenters. The molecule has 1 aliphatic rings. The van der Waals surface area contributed by atoms with Crippen LogP contribution in [0.5, 0.6) is 0 Å². The Balaban J connectivity index is 2.05. The van der Waals surface area contributed by atoms with Crippen LogP contribution in [0.15, 0.2) is 29.2 Å². The number of benzene rings is 1. The van der Waals surface area contributed by atoms with E-state index in [-0.39, 0.29) is 10.8 Å². The molecule has 0 saturated carbocycles. The predicted molar refractivity (Wildman–Crippen MR) is 87.2 cm³/mol. The SMILES string of the molecule is CCCCCC(=O)Nc1cccc(S(=O)(=O)N2CCCC2)c1. The summed E-state index contributed by atoms with van der Waals surface area (Å²) in [6, 6.07) is 6.52. The first-order valence-corrected chi connectivity index (χ1v) is 9.38. The maximum Gasteiger partial charge on any atom is 0.243 e. The molecule has 0 bridgehead atoms. The smallest absolute Gasteiger partial charge is 0.243 e. The van der Waals surface area contributed by atoms with E-state index in [1.165, 1.54) is 4.31 Å². The first-order valence-electron chi connectivity index (χ1n) is 7.94. The lowest BCUT2D eigenvalue weighted by Gasteiger charge is -2.16. The zero-order chi connectivity index (χ0) is 16.0. The molecule has 1 heterocycles. The molecule has 1 N–H and O–H groups in total. The Kier molecular flexibility index (Phi) is 5.97. The van der Waals surface area contributed by atoms with Crippen molar-refractivity contribution in [3.05, 3.63) is 24.3 Å².